The third kappa shape index (κ3) is 2.05. The molecule has 0 aliphatic heterocycles. The molecule has 1 rings (SSSR count). The molecule has 0 saturated carbocycles. The first-order valence-corrected chi connectivity index (χ1v) is 3.79. The van der Waals surface area contributed by atoms with Crippen LogP contribution < -0.4 is 5.73 Å². The molecule has 0 unspecified atom stereocenters. The van der Waals surface area contributed by atoms with Crippen molar-refractivity contribution in [1.82, 2.24) is 0 Å². The zero-order valence-electron chi connectivity index (χ0n) is 7.23. The van der Waals surface area contributed by atoms with Gasteiger partial charge in [-0.1, -0.05) is 30.3 Å². The molecule has 0 saturated heterocycles. The van der Waals surface area contributed by atoms with E-state index in [1.165, 1.54) is 6.92 Å². The fourth-order valence-electron chi connectivity index (χ4n) is 0.925. The number of benzene rings is 1. The zero-order valence-corrected chi connectivity index (χ0v) is 7.23. The van der Waals surface area contributed by atoms with Crippen LogP contribution in [0.2, 0.25) is 0 Å². The summed E-state index contributed by atoms with van der Waals surface area (Å²) in [6, 6.07) is 8.88. The number of rotatable bonds is 2. The van der Waals surface area contributed by atoms with Crippen LogP contribution in [0.15, 0.2) is 36.0 Å². The standard InChI is InChI=1S/C9H10N2O2/c1-7(11(12)13)9(10)8-5-3-2-4-6-8/h2-6H,10H2,1H3/b9-7-. The lowest BCUT2D eigenvalue weighted by molar-refractivity contribution is -0.423. The molecule has 0 aliphatic rings. The van der Waals surface area contributed by atoms with Gasteiger partial charge in [0.2, 0.25) is 0 Å². The average Bonchev–Trinajstić information content (AvgIpc) is 2.17. The Labute approximate surface area is 75.8 Å². The molecule has 1 aromatic rings. The average molecular weight is 178 g/mol. The Morgan fingerprint density at radius 3 is 2.38 bits per heavy atom. The first-order chi connectivity index (χ1) is 6.13. The van der Waals surface area contributed by atoms with Gasteiger partial charge in [-0.25, -0.2) is 0 Å². The Morgan fingerprint density at radius 2 is 1.92 bits per heavy atom. The van der Waals surface area contributed by atoms with Gasteiger partial charge in [0.1, 0.15) is 5.70 Å². The summed E-state index contributed by atoms with van der Waals surface area (Å²) < 4.78 is 0. The third-order valence-corrected chi connectivity index (χ3v) is 1.75. The summed E-state index contributed by atoms with van der Waals surface area (Å²) in [7, 11) is 0. The van der Waals surface area contributed by atoms with Gasteiger partial charge in [0.25, 0.3) is 5.70 Å². The molecule has 2 N–H and O–H groups in total. The highest BCUT2D eigenvalue weighted by Crippen LogP contribution is 2.12. The quantitative estimate of drug-likeness (QED) is 0.552. The molecule has 13 heavy (non-hydrogen) atoms. The van der Waals surface area contributed by atoms with Gasteiger partial charge in [-0.05, 0) is 0 Å². The van der Waals surface area contributed by atoms with Crippen LogP contribution in [0, 0.1) is 10.1 Å². The fourth-order valence-corrected chi connectivity index (χ4v) is 0.925. The first kappa shape index (κ1) is 9.25. The molecule has 0 bridgehead atoms. The van der Waals surface area contributed by atoms with Gasteiger partial charge in [0, 0.05) is 12.5 Å². The second kappa shape index (κ2) is 3.71. The van der Waals surface area contributed by atoms with Crippen LogP contribution in [0.1, 0.15) is 12.5 Å². The van der Waals surface area contributed by atoms with Crippen molar-refractivity contribution in [3.8, 4) is 0 Å². The largest absolute Gasteiger partial charge is 0.393 e. The van der Waals surface area contributed by atoms with E-state index in [4.69, 9.17) is 5.73 Å². The van der Waals surface area contributed by atoms with Gasteiger partial charge >= 0.3 is 0 Å². The molecule has 4 heteroatoms. The van der Waals surface area contributed by atoms with Crippen molar-refractivity contribution < 1.29 is 4.92 Å². The van der Waals surface area contributed by atoms with Gasteiger partial charge in [-0.2, -0.15) is 0 Å². The van der Waals surface area contributed by atoms with Crippen LogP contribution in [0.25, 0.3) is 5.70 Å². The van der Waals surface area contributed by atoms with Gasteiger partial charge in [-0.3, -0.25) is 10.1 Å². The lowest BCUT2D eigenvalue weighted by atomic mass is 10.1. The van der Waals surface area contributed by atoms with Crippen molar-refractivity contribution in [3.63, 3.8) is 0 Å². The fraction of sp³-hybridized carbons (Fsp3) is 0.111. The van der Waals surface area contributed by atoms with Crippen LogP contribution >= 0.6 is 0 Å². The zero-order chi connectivity index (χ0) is 9.84. The summed E-state index contributed by atoms with van der Waals surface area (Å²) >= 11 is 0. The number of hydrogen-bond donors (Lipinski definition) is 1. The maximum Gasteiger partial charge on any atom is 0.266 e. The van der Waals surface area contributed by atoms with E-state index in [1.807, 2.05) is 6.07 Å². The van der Waals surface area contributed by atoms with Crippen molar-refractivity contribution >= 4 is 5.70 Å². The molecule has 0 aliphatic carbocycles. The van der Waals surface area contributed by atoms with E-state index in [-0.39, 0.29) is 11.4 Å². The van der Waals surface area contributed by atoms with Crippen molar-refractivity contribution in [2.24, 2.45) is 5.73 Å². The summed E-state index contributed by atoms with van der Waals surface area (Å²) in [5.41, 5.74) is 6.45. The van der Waals surface area contributed by atoms with Gasteiger partial charge in [-0.15, -0.1) is 0 Å². The maximum atomic E-state index is 10.4. The minimum absolute atomic E-state index is 0.0220. The van der Waals surface area contributed by atoms with E-state index >= 15 is 0 Å². The molecular weight excluding hydrogens is 168 g/mol. The Bertz CT molecular complexity index is 344. The summed E-state index contributed by atoms with van der Waals surface area (Å²) in [4.78, 5) is 9.90. The van der Waals surface area contributed by atoms with E-state index in [2.05, 4.69) is 0 Å². The van der Waals surface area contributed by atoms with Gasteiger partial charge in [0.15, 0.2) is 0 Å². The van der Waals surface area contributed by atoms with Gasteiger partial charge < -0.3 is 5.73 Å². The molecule has 0 atom stereocenters. The highest BCUT2D eigenvalue weighted by molar-refractivity contribution is 5.63. The van der Waals surface area contributed by atoms with Crippen molar-refractivity contribution in [2.45, 2.75) is 6.92 Å². The number of nitrogens with two attached hydrogens (primary N) is 1. The van der Waals surface area contributed by atoms with Crippen LogP contribution in [-0.2, 0) is 0 Å². The Hall–Kier alpha value is -1.84. The molecule has 0 aromatic heterocycles. The maximum absolute atomic E-state index is 10.4. The highest BCUT2D eigenvalue weighted by atomic mass is 16.6. The molecule has 0 spiro atoms. The summed E-state index contributed by atoms with van der Waals surface area (Å²) in [5, 5.41) is 10.4. The SMILES string of the molecule is C/C(=C(/N)c1ccccc1)[N+](=O)[O-]. The van der Waals surface area contributed by atoms with Crippen molar-refractivity contribution in [3.05, 3.63) is 51.7 Å². The highest BCUT2D eigenvalue weighted by Gasteiger charge is 2.10. The molecule has 0 radical (unpaired) electrons. The number of allylic oxidation sites excluding steroid dienone is 1. The van der Waals surface area contributed by atoms with Crippen LogP contribution in [0.3, 0.4) is 0 Å². The minimum Gasteiger partial charge on any atom is -0.393 e. The molecule has 68 valence electrons. The molecule has 0 fully saturated rings. The third-order valence-electron chi connectivity index (χ3n) is 1.75. The normalized spacial score (nSPS) is 12.1. The van der Waals surface area contributed by atoms with E-state index in [1.54, 1.807) is 24.3 Å². The monoisotopic (exact) mass is 178 g/mol. The Kier molecular flexibility index (Phi) is 2.64. The number of nitrogens with zero attached hydrogens (tertiary/aromatic N) is 1. The number of nitro groups is 1. The van der Waals surface area contributed by atoms with E-state index in [9.17, 15) is 10.1 Å². The predicted octanol–water partition coefficient (Wildman–Crippen LogP) is 1.61. The van der Waals surface area contributed by atoms with Crippen LogP contribution in [0.5, 0.6) is 0 Å². The van der Waals surface area contributed by atoms with E-state index in [0.717, 1.165) is 0 Å². The lowest BCUT2D eigenvalue weighted by Gasteiger charge is -2.00. The first-order valence-electron chi connectivity index (χ1n) is 3.79. The molecule has 1 aromatic carbocycles. The molecule has 0 heterocycles. The molecule has 0 amide bonds. The van der Waals surface area contributed by atoms with Crippen LogP contribution in [0.4, 0.5) is 0 Å². The second-order valence-electron chi connectivity index (χ2n) is 2.62. The minimum atomic E-state index is -0.484. The van der Waals surface area contributed by atoms with Gasteiger partial charge in [0.05, 0.1) is 4.92 Å². The molecular formula is C9H10N2O2. The van der Waals surface area contributed by atoms with E-state index < -0.39 is 4.92 Å². The smallest absolute Gasteiger partial charge is 0.266 e. The van der Waals surface area contributed by atoms with Crippen molar-refractivity contribution in [2.75, 3.05) is 0 Å². The number of hydrogen-bond acceptors (Lipinski definition) is 3. The van der Waals surface area contributed by atoms with E-state index in [0.29, 0.717) is 5.56 Å². The molecule has 4 nitrogen and oxygen atoms in total. The second-order valence-corrected chi connectivity index (χ2v) is 2.62. The predicted molar refractivity (Wildman–Crippen MR) is 50.2 cm³/mol. The summed E-state index contributed by atoms with van der Waals surface area (Å²) in [5.74, 6) is 0. The lowest BCUT2D eigenvalue weighted by Crippen LogP contribution is -2.05. The van der Waals surface area contributed by atoms with Crippen molar-refractivity contribution in [1.29, 1.82) is 0 Å². The Balaban J connectivity index is 3.11. The topological polar surface area (TPSA) is 69.2 Å². The summed E-state index contributed by atoms with van der Waals surface area (Å²) in [6.07, 6.45) is 0. The summed E-state index contributed by atoms with van der Waals surface area (Å²) in [6.45, 7) is 1.39. The Morgan fingerprint density at radius 1 is 1.38 bits per heavy atom. The van der Waals surface area contributed by atoms with Crippen LogP contribution in [-0.4, -0.2) is 4.92 Å².